The van der Waals surface area contributed by atoms with Gasteiger partial charge in [0.05, 0.1) is 17.2 Å². The topological polar surface area (TPSA) is 124 Å². The second kappa shape index (κ2) is 12.6. The largest absolute Gasteiger partial charge is 0.477 e. The van der Waals surface area contributed by atoms with E-state index >= 15 is 0 Å². The van der Waals surface area contributed by atoms with Crippen LogP contribution in [-0.4, -0.2) is 64.3 Å². The van der Waals surface area contributed by atoms with E-state index < -0.39 is 58.1 Å². The number of anilines is 1. The number of aliphatic hydroxyl groups is 1. The van der Waals surface area contributed by atoms with Gasteiger partial charge in [-0.05, 0) is 37.1 Å². The number of benzene rings is 1. The lowest BCUT2D eigenvalue weighted by molar-refractivity contribution is 0.0693. The fourth-order valence-corrected chi connectivity index (χ4v) is 3.65. The Bertz CT molecular complexity index is 995. The van der Waals surface area contributed by atoms with Crippen molar-refractivity contribution in [1.82, 2.24) is 14.6 Å². The molecule has 0 aliphatic heterocycles. The number of hydrogen-bond donors (Lipinski definition) is 4. The number of carbonyl (C=O) groups is 2. The first-order chi connectivity index (χ1) is 15.7. The third-order valence-corrected chi connectivity index (χ3v) is 5.49. The van der Waals surface area contributed by atoms with Crippen LogP contribution in [0.5, 0.6) is 5.88 Å². The molecule has 0 radical (unpaired) electrons. The Balaban J connectivity index is 2.00. The van der Waals surface area contributed by atoms with E-state index in [0.29, 0.717) is 43.7 Å². The predicted octanol–water partition coefficient (Wildman–Crippen LogP) is 3.32. The molecule has 1 aromatic carbocycles. The summed E-state index contributed by atoms with van der Waals surface area (Å²) in [6, 6.07) is -0.117. The number of hydrogen-bond acceptors (Lipinski definition) is 7. The number of aromatic nitrogens is 1. The number of carboxylic acid groups (broad SMARTS) is 1. The standard InChI is InChI=1S/C19H22ClF3N4O5S/c1-2-27(6-7-28)5-3-4-24-19(31)25-17-13(18(29)30)16(26-33-17)32-9-10-12(21)8-11(20)15(23)14(10)22/h8,28H,2-7,9H2,1H3,(H,29,30)(H2,24,25,31). The summed E-state index contributed by atoms with van der Waals surface area (Å²) in [5.41, 5.74) is -1.32. The zero-order chi connectivity index (χ0) is 24.5. The Morgan fingerprint density at radius 2 is 2.00 bits per heavy atom. The maximum Gasteiger partial charge on any atom is 0.344 e. The molecule has 33 heavy (non-hydrogen) atoms. The number of carbonyl (C=O) groups excluding carboxylic acids is 1. The number of nitrogens with one attached hydrogen (secondary N) is 2. The van der Waals surface area contributed by atoms with Crippen molar-refractivity contribution in [1.29, 1.82) is 0 Å². The van der Waals surface area contributed by atoms with Crippen LogP contribution in [0.2, 0.25) is 5.02 Å². The summed E-state index contributed by atoms with van der Waals surface area (Å²) in [5, 5.41) is 22.4. The van der Waals surface area contributed by atoms with Gasteiger partial charge in [-0.1, -0.05) is 18.5 Å². The van der Waals surface area contributed by atoms with Crippen LogP contribution in [-0.2, 0) is 6.61 Å². The number of carboxylic acids is 1. The highest BCUT2D eigenvalue weighted by Crippen LogP contribution is 2.32. The first kappa shape index (κ1) is 26.6. The third kappa shape index (κ3) is 7.19. The smallest absolute Gasteiger partial charge is 0.344 e. The Morgan fingerprint density at radius 1 is 1.27 bits per heavy atom. The van der Waals surface area contributed by atoms with Gasteiger partial charge in [-0.3, -0.25) is 5.32 Å². The molecule has 14 heteroatoms. The minimum atomic E-state index is -1.56. The number of nitrogens with zero attached hydrogens (tertiary/aromatic N) is 2. The van der Waals surface area contributed by atoms with E-state index in [-0.39, 0.29) is 11.6 Å². The summed E-state index contributed by atoms with van der Waals surface area (Å²) >= 11 is 5.96. The molecule has 0 saturated carbocycles. The molecule has 182 valence electrons. The second-order valence-corrected chi connectivity index (χ2v) is 7.81. The molecule has 9 nitrogen and oxygen atoms in total. The number of amides is 2. The van der Waals surface area contributed by atoms with Gasteiger partial charge in [-0.25, -0.2) is 22.8 Å². The Hall–Kier alpha value is -2.61. The quantitative estimate of drug-likeness (QED) is 0.196. The van der Waals surface area contributed by atoms with Gasteiger partial charge in [0.1, 0.15) is 17.4 Å². The van der Waals surface area contributed by atoms with Crippen LogP contribution in [0.3, 0.4) is 0 Å². The molecule has 2 rings (SSSR count). The molecular weight excluding hydrogens is 489 g/mol. The summed E-state index contributed by atoms with van der Waals surface area (Å²) < 4.78 is 50.3. The molecule has 1 heterocycles. The highest BCUT2D eigenvalue weighted by molar-refractivity contribution is 7.11. The molecule has 0 atom stereocenters. The van der Waals surface area contributed by atoms with Crippen molar-refractivity contribution in [3.05, 3.63) is 39.7 Å². The van der Waals surface area contributed by atoms with Crippen LogP contribution >= 0.6 is 23.1 Å². The molecule has 0 saturated heterocycles. The van der Waals surface area contributed by atoms with E-state index in [4.69, 9.17) is 21.4 Å². The van der Waals surface area contributed by atoms with Crippen molar-refractivity contribution in [3.63, 3.8) is 0 Å². The Morgan fingerprint density at radius 3 is 2.64 bits per heavy atom. The monoisotopic (exact) mass is 510 g/mol. The molecule has 4 N–H and O–H groups in total. The average molecular weight is 511 g/mol. The minimum absolute atomic E-state index is 0.0295. The van der Waals surface area contributed by atoms with Crippen molar-refractivity contribution >= 4 is 40.1 Å². The fraction of sp³-hybridized carbons (Fsp3) is 0.421. The number of likely N-dealkylation sites (N-methyl/N-ethyl adjacent to an activating group) is 1. The Kier molecular flexibility index (Phi) is 10.2. The van der Waals surface area contributed by atoms with Crippen molar-refractivity contribution in [2.24, 2.45) is 0 Å². The predicted molar refractivity (Wildman–Crippen MR) is 116 cm³/mol. The van der Waals surface area contributed by atoms with Gasteiger partial charge >= 0.3 is 12.0 Å². The maximum absolute atomic E-state index is 13.9. The fourth-order valence-electron chi connectivity index (χ4n) is 2.75. The molecule has 0 aliphatic carbocycles. The van der Waals surface area contributed by atoms with Gasteiger partial charge in [0, 0.05) is 13.1 Å². The van der Waals surface area contributed by atoms with Crippen molar-refractivity contribution in [2.75, 3.05) is 38.1 Å². The van der Waals surface area contributed by atoms with Gasteiger partial charge < -0.3 is 25.2 Å². The van der Waals surface area contributed by atoms with Crippen LogP contribution in [0.1, 0.15) is 29.3 Å². The van der Waals surface area contributed by atoms with Crippen molar-refractivity contribution in [2.45, 2.75) is 20.0 Å². The highest BCUT2D eigenvalue weighted by atomic mass is 35.5. The van der Waals surface area contributed by atoms with Gasteiger partial charge in [-0.2, -0.15) is 4.37 Å². The van der Waals surface area contributed by atoms with Crippen LogP contribution in [0, 0.1) is 17.5 Å². The van der Waals surface area contributed by atoms with E-state index in [0.717, 1.165) is 6.54 Å². The summed E-state index contributed by atoms with van der Waals surface area (Å²) in [7, 11) is 0. The lowest BCUT2D eigenvalue weighted by Gasteiger charge is -2.18. The highest BCUT2D eigenvalue weighted by Gasteiger charge is 2.25. The van der Waals surface area contributed by atoms with E-state index in [1.165, 1.54) is 0 Å². The zero-order valence-corrected chi connectivity index (χ0v) is 19.0. The number of aromatic carboxylic acids is 1. The summed E-state index contributed by atoms with van der Waals surface area (Å²) in [6.07, 6.45) is 0.596. The van der Waals surface area contributed by atoms with Crippen LogP contribution < -0.4 is 15.4 Å². The van der Waals surface area contributed by atoms with E-state index in [1.807, 2.05) is 11.8 Å². The molecular formula is C19H22ClF3N4O5S. The second-order valence-electron chi connectivity index (χ2n) is 6.62. The number of ether oxygens (including phenoxy) is 1. The SMILES string of the molecule is CCN(CCO)CCCNC(=O)Nc1snc(OCc2c(F)cc(Cl)c(F)c2F)c1C(=O)O. The molecule has 2 amide bonds. The molecule has 0 spiro atoms. The Labute approximate surface area is 196 Å². The first-order valence-electron chi connectivity index (χ1n) is 9.75. The lowest BCUT2D eigenvalue weighted by atomic mass is 10.2. The van der Waals surface area contributed by atoms with Crippen LogP contribution in [0.15, 0.2) is 6.07 Å². The number of aliphatic hydroxyl groups excluding tert-OH is 1. The van der Waals surface area contributed by atoms with Gasteiger partial charge in [0.25, 0.3) is 0 Å². The summed E-state index contributed by atoms with van der Waals surface area (Å²) in [5.74, 6) is -6.21. The van der Waals surface area contributed by atoms with Crippen molar-refractivity contribution in [3.8, 4) is 5.88 Å². The number of rotatable bonds is 12. The van der Waals surface area contributed by atoms with E-state index in [1.54, 1.807) is 0 Å². The molecule has 0 aliphatic rings. The molecule has 0 unspecified atom stereocenters. The van der Waals surface area contributed by atoms with Gasteiger partial charge in [0.15, 0.2) is 17.2 Å². The number of urea groups is 1. The molecule has 2 aromatic rings. The lowest BCUT2D eigenvalue weighted by Crippen LogP contribution is -2.33. The zero-order valence-electron chi connectivity index (χ0n) is 17.5. The third-order valence-electron chi connectivity index (χ3n) is 4.46. The summed E-state index contributed by atoms with van der Waals surface area (Å²) in [4.78, 5) is 25.7. The van der Waals surface area contributed by atoms with E-state index in [9.17, 15) is 27.9 Å². The molecule has 1 aromatic heterocycles. The minimum Gasteiger partial charge on any atom is -0.477 e. The van der Waals surface area contributed by atoms with Crippen LogP contribution in [0.4, 0.5) is 23.0 Å². The average Bonchev–Trinajstić information content (AvgIpc) is 3.16. The first-order valence-corrected chi connectivity index (χ1v) is 10.9. The molecule has 0 fully saturated rings. The van der Waals surface area contributed by atoms with Crippen molar-refractivity contribution < 1.29 is 37.7 Å². The molecule has 0 bridgehead atoms. The normalized spacial score (nSPS) is 11.0. The summed E-state index contributed by atoms with van der Waals surface area (Å²) in [6.45, 7) is 3.32. The number of halogens is 4. The van der Waals surface area contributed by atoms with E-state index in [2.05, 4.69) is 15.0 Å². The maximum atomic E-state index is 13.9. The van der Waals surface area contributed by atoms with Gasteiger partial charge in [-0.15, -0.1) is 0 Å². The van der Waals surface area contributed by atoms with Crippen LogP contribution in [0.25, 0.3) is 0 Å². The van der Waals surface area contributed by atoms with Gasteiger partial charge in [0.2, 0.25) is 5.88 Å².